The minimum absolute atomic E-state index is 0. The Labute approximate surface area is 166 Å². The minimum atomic E-state index is -4.89. The van der Waals surface area contributed by atoms with E-state index in [4.69, 9.17) is 4.89 Å². The molecule has 0 heterocycles. The van der Waals surface area contributed by atoms with E-state index in [1.165, 1.54) is 0 Å². The van der Waals surface area contributed by atoms with Gasteiger partial charge in [0, 0.05) is 6.42 Å². The Bertz CT molecular complexity index is 631. The molecule has 21 heavy (non-hydrogen) atoms. The van der Waals surface area contributed by atoms with Gasteiger partial charge < -0.3 is 4.55 Å². The van der Waals surface area contributed by atoms with Crippen molar-refractivity contribution in [2.24, 2.45) is 0 Å². The van der Waals surface area contributed by atoms with Crippen LogP contribution in [0, 0.1) is 0 Å². The van der Waals surface area contributed by atoms with Crippen molar-refractivity contribution in [3.05, 3.63) is 71.8 Å². The summed E-state index contributed by atoms with van der Waals surface area (Å²) in [4.78, 5) is 4.80. The molecule has 0 aliphatic carbocycles. The van der Waals surface area contributed by atoms with Gasteiger partial charge in [0.25, 0.3) is 0 Å². The molecule has 0 aromatic heterocycles. The predicted octanol–water partition coefficient (Wildman–Crippen LogP) is -0.617. The van der Waals surface area contributed by atoms with Crippen LogP contribution in [-0.2, 0) is 26.0 Å². The molecule has 0 N–H and O–H groups in total. The van der Waals surface area contributed by atoms with Crippen LogP contribution >= 0.6 is 0 Å². The second-order valence-electron chi connectivity index (χ2n) is 4.16. The molecule has 0 radical (unpaired) electrons. The molecule has 2 aromatic carbocycles. The Morgan fingerprint density at radius 2 is 1.48 bits per heavy atom. The molecular weight excluding hydrogens is 319 g/mol. The Morgan fingerprint density at radius 1 is 0.952 bits per heavy atom. The quantitative estimate of drug-likeness (QED) is 0.232. The van der Waals surface area contributed by atoms with E-state index in [1.54, 1.807) is 24.3 Å². The van der Waals surface area contributed by atoms with E-state index in [9.17, 15) is 13.0 Å². The first-order valence-electron chi connectivity index (χ1n) is 5.94. The second kappa shape index (κ2) is 9.14. The molecule has 2 aromatic rings. The zero-order chi connectivity index (χ0) is 14.4. The summed E-state index contributed by atoms with van der Waals surface area (Å²) in [6, 6.07) is 18.3. The molecule has 0 fully saturated rings. The first kappa shape index (κ1) is 19.0. The smallest absolute Gasteiger partial charge is 0.724 e. The van der Waals surface area contributed by atoms with Crippen molar-refractivity contribution in [3.8, 4) is 0 Å². The zero-order valence-electron chi connectivity index (χ0n) is 11.5. The molecule has 0 bridgehead atoms. The maximum absolute atomic E-state index is 10.5. The van der Waals surface area contributed by atoms with Crippen LogP contribution < -0.4 is 51.4 Å². The Balaban J connectivity index is 0.00000220. The molecule has 0 aliphatic heterocycles. The predicted molar refractivity (Wildman–Crippen MR) is 71.2 cm³/mol. The van der Waals surface area contributed by atoms with E-state index in [2.05, 4.69) is 4.33 Å². The molecule has 5 nitrogen and oxygen atoms in total. The standard InChI is InChI=1S/C14H14O5S.K/c15-20(16,17)19-18-14(13-9-5-2-6-10-13)11-12-7-3-1-4-8-12;/h1-10,14H,11H2,(H,15,16,17);/q;+1/p-1. The largest absolute Gasteiger partial charge is 1.00 e. The van der Waals surface area contributed by atoms with Gasteiger partial charge in [-0.3, -0.25) is 0 Å². The summed E-state index contributed by atoms with van der Waals surface area (Å²) in [7, 11) is -4.89. The van der Waals surface area contributed by atoms with E-state index in [0.29, 0.717) is 6.42 Å². The Hall–Kier alpha value is -0.0936. The van der Waals surface area contributed by atoms with Crippen LogP contribution in [0.15, 0.2) is 60.7 Å². The fraction of sp³-hybridized carbons (Fsp3) is 0.143. The van der Waals surface area contributed by atoms with Crippen molar-refractivity contribution in [1.82, 2.24) is 0 Å². The molecule has 0 aliphatic rings. The summed E-state index contributed by atoms with van der Waals surface area (Å²) >= 11 is 0. The van der Waals surface area contributed by atoms with Gasteiger partial charge >= 0.3 is 51.4 Å². The van der Waals surface area contributed by atoms with Crippen molar-refractivity contribution in [3.63, 3.8) is 0 Å². The monoisotopic (exact) mass is 332 g/mol. The van der Waals surface area contributed by atoms with Crippen molar-refractivity contribution in [1.29, 1.82) is 0 Å². The molecule has 1 unspecified atom stereocenters. The third kappa shape index (κ3) is 7.14. The number of benzene rings is 2. The van der Waals surface area contributed by atoms with Crippen LogP contribution in [0.3, 0.4) is 0 Å². The maximum atomic E-state index is 10.5. The van der Waals surface area contributed by atoms with Gasteiger partial charge in [-0.05, 0) is 11.1 Å². The van der Waals surface area contributed by atoms with Gasteiger partial charge in [-0.25, -0.2) is 13.3 Å². The van der Waals surface area contributed by atoms with Crippen molar-refractivity contribution in [2.75, 3.05) is 0 Å². The number of rotatable bonds is 6. The average molecular weight is 332 g/mol. The number of hydrogen-bond acceptors (Lipinski definition) is 5. The van der Waals surface area contributed by atoms with E-state index in [-0.39, 0.29) is 51.4 Å². The fourth-order valence-electron chi connectivity index (χ4n) is 1.80. The molecule has 106 valence electrons. The summed E-state index contributed by atoms with van der Waals surface area (Å²) in [6.07, 6.45) is -0.289. The summed E-state index contributed by atoms with van der Waals surface area (Å²) in [5, 5.41) is 0. The van der Waals surface area contributed by atoms with Gasteiger partial charge in [0.05, 0.1) is 0 Å². The van der Waals surface area contributed by atoms with Gasteiger partial charge in [0.2, 0.25) is 10.4 Å². The summed E-state index contributed by atoms with van der Waals surface area (Å²) in [6.45, 7) is 0. The van der Waals surface area contributed by atoms with E-state index in [1.807, 2.05) is 36.4 Å². The summed E-state index contributed by atoms with van der Waals surface area (Å²) in [5.74, 6) is 0. The van der Waals surface area contributed by atoms with Crippen LogP contribution in [0.1, 0.15) is 17.2 Å². The normalized spacial score (nSPS) is 12.4. The van der Waals surface area contributed by atoms with Crippen molar-refractivity contribution >= 4 is 10.4 Å². The van der Waals surface area contributed by atoms with Crippen molar-refractivity contribution < 1.29 is 73.6 Å². The SMILES string of the molecule is O=S(=O)([O-])OOC(Cc1ccccc1)c1ccccc1.[K+]. The van der Waals surface area contributed by atoms with Gasteiger partial charge in [0.15, 0.2) is 0 Å². The molecule has 0 saturated carbocycles. The molecule has 0 saturated heterocycles. The Morgan fingerprint density at radius 3 is 2.00 bits per heavy atom. The summed E-state index contributed by atoms with van der Waals surface area (Å²) in [5.41, 5.74) is 1.66. The van der Waals surface area contributed by atoms with Crippen LogP contribution in [-0.4, -0.2) is 13.0 Å². The summed E-state index contributed by atoms with van der Waals surface area (Å²) < 4.78 is 35.5. The van der Waals surface area contributed by atoms with Gasteiger partial charge in [-0.2, -0.15) is 0 Å². The molecule has 1 atom stereocenters. The first-order chi connectivity index (χ1) is 9.54. The van der Waals surface area contributed by atoms with E-state index < -0.39 is 16.5 Å². The minimum Gasteiger partial charge on any atom is -0.724 e. The first-order valence-corrected chi connectivity index (χ1v) is 7.27. The fourth-order valence-corrected chi connectivity index (χ4v) is 1.99. The van der Waals surface area contributed by atoms with Crippen LogP contribution in [0.5, 0.6) is 0 Å². The van der Waals surface area contributed by atoms with Gasteiger partial charge in [-0.15, -0.1) is 4.33 Å². The zero-order valence-corrected chi connectivity index (χ0v) is 15.4. The molecule has 0 spiro atoms. The maximum Gasteiger partial charge on any atom is 1.00 e. The average Bonchev–Trinajstić information content (AvgIpc) is 2.44. The second-order valence-corrected chi connectivity index (χ2v) is 5.11. The third-order valence-corrected chi connectivity index (χ3v) is 2.92. The van der Waals surface area contributed by atoms with Crippen LogP contribution in [0.25, 0.3) is 0 Å². The van der Waals surface area contributed by atoms with Crippen LogP contribution in [0.2, 0.25) is 0 Å². The topological polar surface area (TPSA) is 75.7 Å². The molecule has 0 amide bonds. The molecule has 7 heteroatoms. The van der Waals surface area contributed by atoms with Gasteiger partial charge in [0.1, 0.15) is 6.10 Å². The van der Waals surface area contributed by atoms with Crippen LogP contribution in [0.4, 0.5) is 0 Å². The van der Waals surface area contributed by atoms with Crippen molar-refractivity contribution in [2.45, 2.75) is 12.5 Å². The van der Waals surface area contributed by atoms with Gasteiger partial charge in [-0.1, -0.05) is 60.7 Å². The van der Waals surface area contributed by atoms with E-state index >= 15 is 0 Å². The third-order valence-electron chi connectivity index (χ3n) is 2.67. The molecular formula is C14H13KO5S. The van der Waals surface area contributed by atoms with E-state index in [0.717, 1.165) is 11.1 Å². The molecule has 2 rings (SSSR count). The Kier molecular flexibility index (Phi) is 8.25. The number of hydrogen-bond donors (Lipinski definition) is 0.